The molecular weight excluding hydrogens is 218 g/mol. The molecule has 0 N–H and O–H groups in total. The Morgan fingerprint density at radius 2 is 2.06 bits per heavy atom. The van der Waals surface area contributed by atoms with E-state index in [4.69, 9.17) is 14.2 Å². The Morgan fingerprint density at radius 3 is 2.62 bits per heavy atom. The molecule has 0 radical (unpaired) electrons. The van der Waals surface area contributed by atoms with Crippen molar-refractivity contribution >= 4 is 11.8 Å². The molecular formula is C9H15NO6. The molecule has 1 unspecified atom stereocenters. The minimum atomic E-state index is -0.810. The molecule has 92 valence electrons. The largest absolute Gasteiger partial charge is 0.382 e. The third kappa shape index (κ3) is 3.24. The second-order valence-electron chi connectivity index (χ2n) is 3.09. The molecule has 1 heterocycles. The van der Waals surface area contributed by atoms with Crippen LogP contribution < -0.4 is 0 Å². The third-order valence-electron chi connectivity index (χ3n) is 2.03. The molecule has 1 saturated heterocycles. The van der Waals surface area contributed by atoms with Crippen LogP contribution >= 0.6 is 0 Å². The maximum atomic E-state index is 11.4. The molecule has 1 aliphatic rings. The van der Waals surface area contributed by atoms with Crippen molar-refractivity contribution in [2.45, 2.75) is 12.5 Å². The molecule has 1 rings (SSSR count). The van der Waals surface area contributed by atoms with Gasteiger partial charge < -0.3 is 14.2 Å². The topological polar surface area (TPSA) is 74.3 Å². The summed E-state index contributed by atoms with van der Waals surface area (Å²) in [7, 11) is 2.81. The van der Waals surface area contributed by atoms with Gasteiger partial charge in [-0.2, -0.15) is 5.06 Å². The highest BCUT2D eigenvalue weighted by Crippen LogP contribution is 2.15. The number of nitrogens with zero attached hydrogens (tertiary/aromatic N) is 1. The van der Waals surface area contributed by atoms with E-state index >= 15 is 0 Å². The maximum absolute atomic E-state index is 11.4. The Labute approximate surface area is 93.1 Å². The summed E-state index contributed by atoms with van der Waals surface area (Å²) in [5, 5.41) is 0.694. The Balaban J connectivity index is 2.23. The van der Waals surface area contributed by atoms with E-state index in [9.17, 15) is 9.59 Å². The summed E-state index contributed by atoms with van der Waals surface area (Å²) in [5.41, 5.74) is 0. The van der Waals surface area contributed by atoms with Gasteiger partial charge in [-0.15, -0.1) is 0 Å². The van der Waals surface area contributed by atoms with Crippen LogP contribution in [0.2, 0.25) is 0 Å². The van der Waals surface area contributed by atoms with Gasteiger partial charge in [0.25, 0.3) is 11.8 Å². The van der Waals surface area contributed by atoms with Crippen molar-refractivity contribution < 1.29 is 28.6 Å². The summed E-state index contributed by atoms with van der Waals surface area (Å²) in [4.78, 5) is 27.2. The van der Waals surface area contributed by atoms with E-state index in [0.717, 1.165) is 0 Å². The summed E-state index contributed by atoms with van der Waals surface area (Å²) in [6, 6.07) is 0. The van der Waals surface area contributed by atoms with E-state index in [1.807, 2.05) is 0 Å². The summed E-state index contributed by atoms with van der Waals surface area (Å²) in [5.74, 6) is -0.905. The van der Waals surface area contributed by atoms with E-state index in [1.54, 1.807) is 7.11 Å². The van der Waals surface area contributed by atoms with Crippen LogP contribution in [0.25, 0.3) is 0 Å². The predicted octanol–water partition coefficient (Wildman–Crippen LogP) is -0.688. The van der Waals surface area contributed by atoms with Crippen LogP contribution in [-0.4, -0.2) is 57.2 Å². The van der Waals surface area contributed by atoms with Gasteiger partial charge in [0.15, 0.2) is 6.10 Å². The van der Waals surface area contributed by atoms with E-state index in [-0.39, 0.29) is 13.2 Å². The fourth-order valence-corrected chi connectivity index (χ4v) is 1.24. The maximum Gasteiger partial charge on any atom is 0.283 e. The van der Waals surface area contributed by atoms with Gasteiger partial charge in [0.2, 0.25) is 0 Å². The Hall–Kier alpha value is -1.02. The number of ether oxygens (including phenoxy) is 3. The number of hydrogen-bond donors (Lipinski definition) is 0. The number of carbonyl (C=O) groups excluding carboxylic acids is 2. The Morgan fingerprint density at radius 1 is 1.31 bits per heavy atom. The lowest BCUT2D eigenvalue weighted by molar-refractivity contribution is -0.185. The lowest BCUT2D eigenvalue weighted by Crippen LogP contribution is -2.32. The second-order valence-corrected chi connectivity index (χ2v) is 3.09. The normalized spacial score (nSPS) is 20.9. The van der Waals surface area contributed by atoms with Gasteiger partial charge in [0.05, 0.1) is 26.7 Å². The molecule has 16 heavy (non-hydrogen) atoms. The number of carbonyl (C=O) groups is 2. The molecule has 0 bridgehead atoms. The van der Waals surface area contributed by atoms with Crippen molar-refractivity contribution in [1.29, 1.82) is 0 Å². The van der Waals surface area contributed by atoms with E-state index < -0.39 is 17.9 Å². The van der Waals surface area contributed by atoms with Gasteiger partial charge in [-0.05, 0) is 0 Å². The van der Waals surface area contributed by atoms with E-state index in [0.29, 0.717) is 18.3 Å². The molecule has 0 aromatic rings. The van der Waals surface area contributed by atoms with Crippen molar-refractivity contribution in [3.63, 3.8) is 0 Å². The highest BCUT2D eigenvalue weighted by molar-refractivity contribution is 6.03. The molecule has 0 aliphatic carbocycles. The van der Waals surface area contributed by atoms with Crippen LogP contribution in [0.1, 0.15) is 6.42 Å². The zero-order valence-electron chi connectivity index (χ0n) is 9.30. The number of methoxy groups -OCH3 is 1. The van der Waals surface area contributed by atoms with Gasteiger partial charge in [0, 0.05) is 7.11 Å². The first-order chi connectivity index (χ1) is 7.70. The van der Waals surface area contributed by atoms with Gasteiger partial charge >= 0.3 is 0 Å². The molecule has 1 fully saturated rings. The van der Waals surface area contributed by atoms with Crippen LogP contribution in [0, 0.1) is 0 Å². The average Bonchev–Trinajstić information content (AvgIpc) is 2.53. The minimum Gasteiger partial charge on any atom is -0.382 e. The lowest BCUT2D eigenvalue weighted by Gasteiger charge is -2.11. The van der Waals surface area contributed by atoms with E-state index in [2.05, 4.69) is 4.84 Å². The van der Waals surface area contributed by atoms with Crippen LogP contribution in [0.5, 0.6) is 0 Å². The van der Waals surface area contributed by atoms with Crippen molar-refractivity contribution in [2.75, 3.05) is 34.2 Å². The first-order valence-corrected chi connectivity index (χ1v) is 4.80. The smallest absolute Gasteiger partial charge is 0.283 e. The molecule has 7 heteroatoms. The number of rotatable bonds is 7. The lowest BCUT2D eigenvalue weighted by atomic mass is 10.3. The summed E-state index contributed by atoms with van der Waals surface area (Å²) in [6.45, 7) is 0.773. The van der Waals surface area contributed by atoms with Crippen molar-refractivity contribution in [3.05, 3.63) is 0 Å². The molecule has 7 nitrogen and oxygen atoms in total. The molecule has 0 saturated carbocycles. The SMILES string of the molecule is COCCOCOC1CC(=O)N(OC)C1=O. The van der Waals surface area contributed by atoms with Crippen molar-refractivity contribution in [1.82, 2.24) is 5.06 Å². The zero-order chi connectivity index (χ0) is 12.0. The molecule has 0 spiro atoms. The van der Waals surface area contributed by atoms with Crippen molar-refractivity contribution in [2.24, 2.45) is 0 Å². The Kier molecular flexibility index (Phi) is 5.33. The summed E-state index contributed by atoms with van der Waals surface area (Å²) >= 11 is 0. The standard InChI is InChI=1S/C9H15NO6/c1-13-3-4-15-6-16-7-5-8(11)10(14-2)9(7)12/h7H,3-6H2,1-2H3. The third-order valence-corrected chi connectivity index (χ3v) is 2.03. The first kappa shape index (κ1) is 13.0. The zero-order valence-corrected chi connectivity index (χ0v) is 9.30. The van der Waals surface area contributed by atoms with Gasteiger partial charge in [-0.1, -0.05) is 0 Å². The molecule has 0 aromatic heterocycles. The molecule has 1 aliphatic heterocycles. The quantitative estimate of drug-likeness (QED) is 0.329. The van der Waals surface area contributed by atoms with Crippen LogP contribution in [0.4, 0.5) is 0 Å². The van der Waals surface area contributed by atoms with Gasteiger partial charge in [0.1, 0.15) is 6.79 Å². The fourth-order valence-electron chi connectivity index (χ4n) is 1.24. The Bertz CT molecular complexity index is 256. The molecule has 1 atom stereocenters. The predicted molar refractivity (Wildman–Crippen MR) is 51.0 cm³/mol. The number of hydrogen-bond acceptors (Lipinski definition) is 6. The first-order valence-electron chi connectivity index (χ1n) is 4.80. The van der Waals surface area contributed by atoms with Gasteiger partial charge in [-0.25, -0.2) is 0 Å². The molecule has 2 amide bonds. The number of hydroxylamine groups is 2. The molecule has 0 aromatic carbocycles. The monoisotopic (exact) mass is 233 g/mol. The van der Waals surface area contributed by atoms with Crippen LogP contribution in [-0.2, 0) is 28.6 Å². The van der Waals surface area contributed by atoms with Crippen LogP contribution in [0.15, 0.2) is 0 Å². The second kappa shape index (κ2) is 6.54. The summed E-state index contributed by atoms with van der Waals surface area (Å²) < 4.78 is 14.9. The number of amides is 2. The highest BCUT2D eigenvalue weighted by atomic mass is 16.7. The fraction of sp³-hybridized carbons (Fsp3) is 0.778. The number of imide groups is 1. The van der Waals surface area contributed by atoms with Gasteiger partial charge in [-0.3, -0.25) is 14.4 Å². The van der Waals surface area contributed by atoms with Crippen LogP contribution in [0.3, 0.4) is 0 Å². The van der Waals surface area contributed by atoms with E-state index in [1.165, 1.54) is 7.11 Å². The average molecular weight is 233 g/mol. The highest BCUT2D eigenvalue weighted by Gasteiger charge is 2.40. The minimum absolute atomic E-state index is 0.0136. The summed E-state index contributed by atoms with van der Waals surface area (Å²) in [6.07, 6.45) is -0.824. The van der Waals surface area contributed by atoms with Crippen molar-refractivity contribution in [3.8, 4) is 0 Å².